The number of hydrogen-bond acceptors (Lipinski definition) is 3. The largest absolute Gasteiger partial charge is 0.313 e. The van der Waals surface area contributed by atoms with Crippen molar-refractivity contribution in [3.8, 4) is 0 Å². The van der Waals surface area contributed by atoms with Crippen LogP contribution in [0.4, 0.5) is 0 Å². The van der Waals surface area contributed by atoms with Crippen molar-refractivity contribution in [1.82, 2.24) is 10.3 Å². The Hall–Kier alpha value is -0.540. The summed E-state index contributed by atoms with van der Waals surface area (Å²) in [5.41, 5.74) is 1.34. The highest BCUT2D eigenvalue weighted by molar-refractivity contribution is 7.99. The van der Waals surface area contributed by atoms with Crippen LogP contribution in [0.15, 0.2) is 23.4 Å². The summed E-state index contributed by atoms with van der Waals surface area (Å²) in [6, 6.07) is 4.21. The van der Waals surface area contributed by atoms with Crippen molar-refractivity contribution >= 4 is 11.8 Å². The molecular weight excluding hydrogens is 228 g/mol. The van der Waals surface area contributed by atoms with Crippen LogP contribution in [0.25, 0.3) is 0 Å². The number of pyridine rings is 1. The summed E-state index contributed by atoms with van der Waals surface area (Å²) in [5.74, 6) is 1.19. The Balaban J connectivity index is 2.40. The Morgan fingerprint density at radius 1 is 1.24 bits per heavy atom. The molecule has 1 N–H and O–H groups in total. The standard InChI is InChI=1S/C14H24N2S/c1-3-5-6-11-17-14-13(8-7-10-16-14)12-15-9-4-2/h7-8,10,15H,3-6,9,11-12H2,1-2H3. The lowest BCUT2D eigenvalue weighted by atomic mass is 10.3. The van der Waals surface area contributed by atoms with Crippen molar-refractivity contribution in [3.05, 3.63) is 23.9 Å². The second-order valence-electron chi connectivity index (χ2n) is 4.20. The van der Waals surface area contributed by atoms with E-state index >= 15 is 0 Å². The fourth-order valence-corrected chi connectivity index (χ4v) is 2.61. The zero-order chi connectivity index (χ0) is 12.3. The fraction of sp³-hybridized carbons (Fsp3) is 0.643. The number of rotatable bonds is 9. The van der Waals surface area contributed by atoms with Gasteiger partial charge in [-0.1, -0.05) is 32.8 Å². The molecule has 0 radical (unpaired) electrons. The van der Waals surface area contributed by atoms with Crippen LogP contribution in [0.5, 0.6) is 0 Å². The topological polar surface area (TPSA) is 24.9 Å². The molecule has 0 saturated heterocycles. The van der Waals surface area contributed by atoms with Crippen LogP contribution in [0.3, 0.4) is 0 Å². The van der Waals surface area contributed by atoms with E-state index in [0.29, 0.717) is 0 Å². The van der Waals surface area contributed by atoms with E-state index in [4.69, 9.17) is 0 Å². The minimum Gasteiger partial charge on any atom is -0.313 e. The molecule has 0 fully saturated rings. The SMILES string of the molecule is CCCCCSc1ncccc1CNCCC. The maximum atomic E-state index is 4.48. The third kappa shape index (κ3) is 6.08. The van der Waals surface area contributed by atoms with Gasteiger partial charge >= 0.3 is 0 Å². The van der Waals surface area contributed by atoms with Crippen LogP contribution >= 0.6 is 11.8 Å². The van der Waals surface area contributed by atoms with Gasteiger partial charge in [-0.05, 0) is 36.8 Å². The molecule has 0 amide bonds. The highest BCUT2D eigenvalue weighted by Gasteiger charge is 2.03. The minimum absolute atomic E-state index is 0.942. The Morgan fingerprint density at radius 3 is 2.88 bits per heavy atom. The van der Waals surface area contributed by atoms with E-state index in [1.165, 1.54) is 42.0 Å². The van der Waals surface area contributed by atoms with E-state index in [2.05, 4.69) is 30.2 Å². The normalized spacial score (nSPS) is 10.7. The van der Waals surface area contributed by atoms with Crippen molar-refractivity contribution in [2.75, 3.05) is 12.3 Å². The summed E-state index contributed by atoms with van der Waals surface area (Å²) in [7, 11) is 0. The lowest BCUT2D eigenvalue weighted by Gasteiger charge is -2.08. The van der Waals surface area contributed by atoms with Gasteiger partial charge in [-0.25, -0.2) is 4.98 Å². The molecule has 0 unspecified atom stereocenters. The molecule has 0 saturated carbocycles. The number of aromatic nitrogens is 1. The van der Waals surface area contributed by atoms with Crippen LogP contribution in [0.2, 0.25) is 0 Å². The molecule has 0 bridgehead atoms. The van der Waals surface area contributed by atoms with Crippen LogP contribution in [-0.4, -0.2) is 17.3 Å². The summed E-state index contributed by atoms with van der Waals surface area (Å²) >= 11 is 1.89. The van der Waals surface area contributed by atoms with Crippen molar-refractivity contribution < 1.29 is 0 Å². The first-order chi connectivity index (χ1) is 8.38. The first-order valence-electron chi connectivity index (χ1n) is 6.65. The maximum Gasteiger partial charge on any atom is 0.100 e. The van der Waals surface area contributed by atoms with E-state index in [9.17, 15) is 0 Å². The van der Waals surface area contributed by atoms with Crippen LogP contribution in [0, 0.1) is 0 Å². The monoisotopic (exact) mass is 252 g/mol. The molecule has 1 rings (SSSR count). The van der Waals surface area contributed by atoms with Gasteiger partial charge in [0.1, 0.15) is 5.03 Å². The molecule has 1 heterocycles. The molecule has 3 heteroatoms. The van der Waals surface area contributed by atoms with Gasteiger partial charge in [0.25, 0.3) is 0 Å². The zero-order valence-electron chi connectivity index (χ0n) is 11.0. The van der Waals surface area contributed by atoms with Crippen molar-refractivity contribution in [2.45, 2.75) is 51.1 Å². The molecule has 0 aromatic carbocycles. The second-order valence-corrected chi connectivity index (χ2v) is 5.28. The number of thioether (sulfide) groups is 1. The third-order valence-corrected chi connectivity index (χ3v) is 3.71. The molecule has 0 atom stereocenters. The van der Waals surface area contributed by atoms with Gasteiger partial charge in [0.2, 0.25) is 0 Å². The first kappa shape index (κ1) is 14.5. The summed E-state index contributed by atoms with van der Waals surface area (Å²) in [5, 5.41) is 4.64. The zero-order valence-corrected chi connectivity index (χ0v) is 11.9. The molecule has 17 heavy (non-hydrogen) atoms. The second kappa shape index (κ2) is 9.49. The third-order valence-electron chi connectivity index (χ3n) is 2.58. The lowest BCUT2D eigenvalue weighted by Crippen LogP contribution is -2.14. The summed E-state index contributed by atoms with van der Waals surface area (Å²) in [6.07, 6.45) is 6.97. The molecule has 96 valence electrons. The Morgan fingerprint density at radius 2 is 2.12 bits per heavy atom. The van der Waals surface area contributed by atoms with Gasteiger partial charge in [0.15, 0.2) is 0 Å². The first-order valence-corrected chi connectivity index (χ1v) is 7.64. The van der Waals surface area contributed by atoms with Crippen molar-refractivity contribution in [1.29, 1.82) is 0 Å². The van der Waals surface area contributed by atoms with Crippen molar-refractivity contribution in [2.24, 2.45) is 0 Å². The van der Waals surface area contributed by atoms with E-state index in [1.807, 2.05) is 24.0 Å². The molecular formula is C14H24N2S. The molecule has 0 aliphatic carbocycles. The van der Waals surface area contributed by atoms with Crippen LogP contribution in [-0.2, 0) is 6.54 Å². The quantitative estimate of drug-likeness (QED) is 0.533. The van der Waals surface area contributed by atoms with Gasteiger partial charge in [-0.3, -0.25) is 0 Å². The average Bonchev–Trinajstić information content (AvgIpc) is 2.36. The van der Waals surface area contributed by atoms with Crippen LogP contribution < -0.4 is 5.32 Å². The van der Waals surface area contributed by atoms with Gasteiger partial charge < -0.3 is 5.32 Å². The highest BCUT2D eigenvalue weighted by Crippen LogP contribution is 2.21. The number of nitrogens with one attached hydrogen (secondary N) is 1. The van der Waals surface area contributed by atoms with E-state index in [-0.39, 0.29) is 0 Å². The molecule has 0 aliphatic rings. The number of nitrogens with zero attached hydrogens (tertiary/aromatic N) is 1. The lowest BCUT2D eigenvalue weighted by molar-refractivity contribution is 0.665. The fourth-order valence-electron chi connectivity index (χ4n) is 1.61. The summed E-state index contributed by atoms with van der Waals surface area (Å²) in [6.45, 7) is 6.45. The number of unbranched alkanes of at least 4 members (excludes halogenated alkanes) is 2. The molecule has 1 aromatic rings. The van der Waals surface area contributed by atoms with Crippen molar-refractivity contribution in [3.63, 3.8) is 0 Å². The summed E-state index contributed by atoms with van der Waals surface area (Å²) < 4.78 is 0. The van der Waals surface area contributed by atoms with Gasteiger partial charge in [0.05, 0.1) is 0 Å². The van der Waals surface area contributed by atoms with E-state index in [0.717, 1.165) is 13.1 Å². The number of hydrogen-bond donors (Lipinski definition) is 1. The minimum atomic E-state index is 0.942. The van der Waals surface area contributed by atoms with Gasteiger partial charge in [0, 0.05) is 12.7 Å². The van der Waals surface area contributed by atoms with E-state index < -0.39 is 0 Å². The van der Waals surface area contributed by atoms with E-state index in [1.54, 1.807) is 0 Å². The highest BCUT2D eigenvalue weighted by atomic mass is 32.2. The van der Waals surface area contributed by atoms with Gasteiger partial charge in [-0.2, -0.15) is 0 Å². The predicted octanol–water partition coefficient (Wildman–Crippen LogP) is 3.86. The Labute approximate surface area is 110 Å². The average molecular weight is 252 g/mol. The Bertz CT molecular complexity index is 302. The van der Waals surface area contributed by atoms with Crippen LogP contribution in [0.1, 0.15) is 45.1 Å². The summed E-state index contributed by atoms with van der Waals surface area (Å²) in [4.78, 5) is 4.48. The predicted molar refractivity (Wildman–Crippen MR) is 76.5 cm³/mol. The molecule has 2 nitrogen and oxygen atoms in total. The Kier molecular flexibility index (Phi) is 8.10. The molecule has 0 spiro atoms. The smallest absolute Gasteiger partial charge is 0.100 e. The molecule has 0 aliphatic heterocycles. The van der Waals surface area contributed by atoms with Gasteiger partial charge in [-0.15, -0.1) is 11.8 Å². The molecule has 1 aromatic heterocycles. The maximum absolute atomic E-state index is 4.48.